The van der Waals surface area contributed by atoms with Crippen molar-refractivity contribution >= 4 is 0 Å². The van der Waals surface area contributed by atoms with Gasteiger partial charge in [0.2, 0.25) is 0 Å². The molecule has 0 aromatic heterocycles. The molecule has 0 aliphatic carbocycles. The summed E-state index contributed by atoms with van der Waals surface area (Å²) in [7, 11) is 0. The third kappa shape index (κ3) is 2.58. The summed E-state index contributed by atoms with van der Waals surface area (Å²) in [5.41, 5.74) is 2.75. The van der Waals surface area contributed by atoms with E-state index < -0.39 is 0 Å². The summed E-state index contributed by atoms with van der Waals surface area (Å²) in [5, 5.41) is 7.02. The van der Waals surface area contributed by atoms with Gasteiger partial charge in [0.15, 0.2) is 0 Å². The van der Waals surface area contributed by atoms with Gasteiger partial charge in [0.25, 0.3) is 0 Å². The molecule has 2 nitrogen and oxygen atoms in total. The number of nitrogens with one attached hydrogen (secondary N) is 2. The minimum Gasteiger partial charge on any atom is -0.298 e. The van der Waals surface area contributed by atoms with E-state index in [1.807, 2.05) is 0 Å². The monoisotopic (exact) mass is 204 g/mol. The maximum atomic E-state index is 3.51. The van der Waals surface area contributed by atoms with Crippen LogP contribution in [0.5, 0.6) is 0 Å². The standard InChI is InChI=1S/C13H20N2/c1-3-11-4-6-12(7-5-11)13-14-8-10(2)9-15-13/h4-7,10,13-15H,3,8-9H2,1-2H3. The van der Waals surface area contributed by atoms with Crippen molar-refractivity contribution < 1.29 is 0 Å². The molecule has 1 aromatic rings. The van der Waals surface area contributed by atoms with Gasteiger partial charge < -0.3 is 0 Å². The summed E-state index contributed by atoms with van der Waals surface area (Å²) in [6, 6.07) is 8.88. The van der Waals surface area contributed by atoms with Gasteiger partial charge in [-0.15, -0.1) is 0 Å². The van der Waals surface area contributed by atoms with Crippen molar-refractivity contribution in [3.63, 3.8) is 0 Å². The molecule has 82 valence electrons. The van der Waals surface area contributed by atoms with Crippen LogP contribution in [-0.2, 0) is 6.42 Å². The molecule has 0 unspecified atom stereocenters. The minimum absolute atomic E-state index is 0.340. The van der Waals surface area contributed by atoms with Crippen LogP contribution in [0, 0.1) is 5.92 Å². The van der Waals surface area contributed by atoms with Gasteiger partial charge in [-0.05, 0) is 23.5 Å². The van der Waals surface area contributed by atoms with Gasteiger partial charge in [0.05, 0.1) is 6.17 Å². The largest absolute Gasteiger partial charge is 0.298 e. The zero-order valence-corrected chi connectivity index (χ0v) is 9.59. The Hall–Kier alpha value is -0.860. The highest BCUT2D eigenvalue weighted by Crippen LogP contribution is 2.15. The average molecular weight is 204 g/mol. The average Bonchev–Trinajstić information content (AvgIpc) is 2.30. The second-order valence-corrected chi connectivity index (χ2v) is 4.45. The lowest BCUT2D eigenvalue weighted by Crippen LogP contribution is -2.45. The molecule has 0 bridgehead atoms. The fraction of sp³-hybridized carbons (Fsp3) is 0.538. The van der Waals surface area contributed by atoms with Crippen LogP contribution < -0.4 is 10.6 Å². The number of benzene rings is 1. The van der Waals surface area contributed by atoms with E-state index >= 15 is 0 Å². The first-order valence-electron chi connectivity index (χ1n) is 5.85. The van der Waals surface area contributed by atoms with Crippen molar-refractivity contribution in [2.75, 3.05) is 13.1 Å². The molecule has 15 heavy (non-hydrogen) atoms. The Morgan fingerprint density at radius 2 is 1.73 bits per heavy atom. The predicted octanol–water partition coefficient (Wildman–Crippen LogP) is 2.08. The van der Waals surface area contributed by atoms with Crippen molar-refractivity contribution in [2.45, 2.75) is 26.4 Å². The number of aryl methyl sites for hydroxylation is 1. The zero-order valence-electron chi connectivity index (χ0n) is 9.59. The molecule has 1 fully saturated rings. The number of rotatable bonds is 2. The highest BCUT2D eigenvalue weighted by molar-refractivity contribution is 5.25. The lowest BCUT2D eigenvalue weighted by atomic mass is 10.0. The Kier molecular flexibility index (Phi) is 3.39. The topological polar surface area (TPSA) is 24.1 Å². The Labute approximate surface area is 92.1 Å². The van der Waals surface area contributed by atoms with E-state index in [1.165, 1.54) is 11.1 Å². The molecule has 0 spiro atoms. The van der Waals surface area contributed by atoms with E-state index in [0.717, 1.165) is 25.4 Å². The molecular formula is C13H20N2. The molecular weight excluding hydrogens is 184 g/mol. The fourth-order valence-corrected chi connectivity index (χ4v) is 1.96. The molecule has 0 radical (unpaired) electrons. The minimum atomic E-state index is 0.340. The second-order valence-electron chi connectivity index (χ2n) is 4.45. The van der Waals surface area contributed by atoms with Crippen molar-refractivity contribution in [1.29, 1.82) is 0 Å². The van der Waals surface area contributed by atoms with Crippen LogP contribution in [0.15, 0.2) is 24.3 Å². The van der Waals surface area contributed by atoms with Gasteiger partial charge in [0.1, 0.15) is 0 Å². The summed E-state index contributed by atoms with van der Waals surface area (Å²) in [5.74, 6) is 0.733. The highest BCUT2D eigenvalue weighted by Gasteiger charge is 2.17. The molecule has 2 rings (SSSR count). The predicted molar refractivity (Wildman–Crippen MR) is 63.7 cm³/mol. The van der Waals surface area contributed by atoms with Crippen molar-refractivity contribution in [3.05, 3.63) is 35.4 Å². The molecule has 0 saturated carbocycles. The third-order valence-corrected chi connectivity index (χ3v) is 3.06. The van der Waals surface area contributed by atoms with Gasteiger partial charge in [-0.2, -0.15) is 0 Å². The molecule has 1 aromatic carbocycles. The molecule has 1 heterocycles. The first-order valence-corrected chi connectivity index (χ1v) is 5.85. The molecule has 0 atom stereocenters. The lowest BCUT2D eigenvalue weighted by Gasteiger charge is -2.29. The summed E-state index contributed by atoms with van der Waals surface area (Å²) in [6.07, 6.45) is 1.45. The van der Waals surface area contributed by atoms with Gasteiger partial charge >= 0.3 is 0 Å². The van der Waals surface area contributed by atoms with Crippen molar-refractivity contribution in [3.8, 4) is 0 Å². The van der Waals surface area contributed by atoms with E-state index in [2.05, 4.69) is 48.7 Å². The van der Waals surface area contributed by atoms with Crippen LogP contribution >= 0.6 is 0 Å². The van der Waals surface area contributed by atoms with E-state index in [-0.39, 0.29) is 0 Å². The normalized spacial score (nSPS) is 26.5. The maximum Gasteiger partial charge on any atom is 0.0835 e. The molecule has 1 saturated heterocycles. The lowest BCUT2D eigenvalue weighted by molar-refractivity contribution is 0.314. The maximum absolute atomic E-state index is 3.51. The third-order valence-electron chi connectivity index (χ3n) is 3.06. The van der Waals surface area contributed by atoms with Gasteiger partial charge in [-0.3, -0.25) is 10.6 Å². The molecule has 2 N–H and O–H groups in total. The van der Waals surface area contributed by atoms with Crippen molar-refractivity contribution in [2.24, 2.45) is 5.92 Å². The Morgan fingerprint density at radius 1 is 1.13 bits per heavy atom. The molecule has 0 amide bonds. The highest BCUT2D eigenvalue weighted by atomic mass is 15.1. The summed E-state index contributed by atoms with van der Waals surface area (Å²) in [6.45, 7) is 6.66. The SMILES string of the molecule is CCc1ccc(C2NCC(C)CN2)cc1. The van der Waals surface area contributed by atoms with E-state index in [1.54, 1.807) is 0 Å². The Morgan fingerprint density at radius 3 is 2.27 bits per heavy atom. The smallest absolute Gasteiger partial charge is 0.0835 e. The summed E-state index contributed by atoms with van der Waals surface area (Å²) < 4.78 is 0. The van der Waals surface area contributed by atoms with Crippen LogP contribution in [0.25, 0.3) is 0 Å². The van der Waals surface area contributed by atoms with Crippen LogP contribution in [0.3, 0.4) is 0 Å². The Bertz CT molecular complexity index is 297. The quantitative estimate of drug-likeness (QED) is 0.770. The van der Waals surface area contributed by atoms with Crippen molar-refractivity contribution in [1.82, 2.24) is 10.6 Å². The summed E-state index contributed by atoms with van der Waals surface area (Å²) >= 11 is 0. The van der Waals surface area contributed by atoms with E-state index in [9.17, 15) is 0 Å². The van der Waals surface area contributed by atoms with Crippen LogP contribution in [-0.4, -0.2) is 13.1 Å². The molecule has 2 heteroatoms. The molecule has 1 aliphatic heterocycles. The molecule has 1 aliphatic rings. The first-order chi connectivity index (χ1) is 7.29. The van der Waals surface area contributed by atoms with E-state index in [4.69, 9.17) is 0 Å². The van der Waals surface area contributed by atoms with Crippen LogP contribution in [0.2, 0.25) is 0 Å². The zero-order chi connectivity index (χ0) is 10.7. The van der Waals surface area contributed by atoms with Gasteiger partial charge in [0, 0.05) is 13.1 Å². The summed E-state index contributed by atoms with van der Waals surface area (Å²) in [4.78, 5) is 0. The Balaban J connectivity index is 2.03. The number of hydrogen-bond acceptors (Lipinski definition) is 2. The van der Waals surface area contributed by atoms with Gasteiger partial charge in [-0.25, -0.2) is 0 Å². The van der Waals surface area contributed by atoms with Crippen LogP contribution in [0.1, 0.15) is 31.1 Å². The second kappa shape index (κ2) is 4.77. The van der Waals surface area contributed by atoms with Gasteiger partial charge in [-0.1, -0.05) is 38.1 Å². The number of hydrogen-bond donors (Lipinski definition) is 2. The first kappa shape index (κ1) is 10.7. The fourth-order valence-electron chi connectivity index (χ4n) is 1.96. The van der Waals surface area contributed by atoms with Crippen LogP contribution in [0.4, 0.5) is 0 Å². The van der Waals surface area contributed by atoms with E-state index in [0.29, 0.717) is 6.17 Å².